The number of aliphatic carboxylic acids is 1. The van der Waals surface area contributed by atoms with E-state index in [1.807, 2.05) is 0 Å². The molecule has 0 saturated carbocycles. The van der Waals surface area contributed by atoms with E-state index < -0.39 is 17.9 Å². The van der Waals surface area contributed by atoms with Gasteiger partial charge in [0.05, 0.1) is 11.7 Å². The van der Waals surface area contributed by atoms with Crippen molar-refractivity contribution in [3.05, 3.63) is 35.6 Å². The minimum Gasteiger partial charge on any atom is -0.546 e. The lowest BCUT2D eigenvalue weighted by molar-refractivity contribution is -0.315. The first kappa shape index (κ1) is 9.64. The highest BCUT2D eigenvalue weighted by molar-refractivity contribution is 6.03. The average molecular weight is 208 g/mol. The van der Waals surface area contributed by atoms with Crippen LogP contribution in [0.4, 0.5) is 4.39 Å². The third-order valence-electron chi connectivity index (χ3n) is 2.12. The average Bonchev–Trinajstić information content (AvgIpc) is 2.67. The molecule has 0 aromatic heterocycles. The minimum absolute atomic E-state index is 0.0310. The second-order valence-electron chi connectivity index (χ2n) is 3.14. The smallest absolute Gasteiger partial charge is 0.172 e. The lowest BCUT2D eigenvalue weighted by Crippen LogP contribution is -2.35. The van der Waals surface area contributed by atoms with Crippen LogP contribution in [0.5, 0.6) is 0 Å². The van der Waals surface area contributed by atoms with Crippen molar-refractivity contribution in [3.8, 4) is 0 Å². The molecule has 1 heterocycles. The fourth-order valence-electron chi connectivity index (χ4n) is 1.36. The molecule has 78 valence electrons. The Bertz CT molecular complexity index is 430. The van der Waals surface area contributed by atoms with Gasteiger partial charge in [0.15, 0.2) is 6.10 Å². The summed E-state index contributed by atoms with van der Waals surface area (Å²) in [6, 6.07) is 6.00. The van der Waals surface area contributed by atoms with Crippen molar-refractivity contribution in [2.75, 3.05) is 0 Å². The summed E-state index contributed by atoms with van der Waals surface area (Å²) >= 11 is 0. The van der Waals surface area contributed by atoms with Crippen molar-refractivity contribution in [2.45, 2.75) is 12.5 Å². The molecule has 1 aromatic rings. The van der Waals surface area contributed by atoms with Gasteiger partial charge in [-0.3, -0.25) is 0 Å². The summed E-state index contributed by atoms with van der Waals surface area (Å²) in [5, 5.41) is 14.0. The maximum atomic E-state index is 13.3. The van der Waals surface area contributed by atoms with E-state index in [-0.39, 0.29) is 12.0 Å². The number of nitrogens with zero attached hydrogens (tertiary/aromatic N) is 1. The molecule has 0 unspecified atom stereocenters. The molecular weight excluding hydrogens is 201 g/mol. The van der Waals surface area contributed by atoms with Gasteiger partial charge in [-0.15, -0.1) is 0 Å². The van der Waals surface area contributed by atoms with Crippen LogP contribution in [-0.4, -0.2) is 17.8 Å². The number of hydrogen-bond donors (Lipinski definition) is 0. The molecule has 0 N–H and O–H groups in total. The van der Waals surface area contributed by atoms with E-state index in [0.29, 0.717) is 5.71 Å². The predicted molar refractivity (Wildman–Crippen MR) is 47.4 cm³/mol. The fourth-order valence-corrected chi connectivity index (χ4v) is 1.36. The maximum Gasteiger partial charge on any atom is 0.172 e. The van der Waals surface area contributed by atoms with Crippen molar-refractivity contribution >= 4 is 11.7 Å². The molecule has 0 saturated heterocycles. The topological polar surface area (TPSA) is 61.7 Å². The molecule has 0 spiro atoms. The molecule has 15 heavy (non-hydrogen) atoms. The summed E-state index contributed by atoms with van der Waals surface area (Å²) in [6.07, 6.45) is -1.08. The van der Waals surface area contributed by atoms with Crippen LogP contribution in [0.2, 0.25) is 0 Å². The van der Waals surface area contributed by atoms with E-state index in [2.05, 4.69) is 9.99 Å². The second kappa shape index (κ2) is 3.68. The zero-order valence-electron chi connectivity index (χ0n) is 7.64. The number of carbonyl (C=O) groups is 1. The van der Waals surface area contributed by atoms with E-state index in [1.54, 1.807) is 12.1 Å². The van der Waals surface area contributed by atoms with Gasteiger partial charge in [0.25, 0.3) is 0 Å². The minimum atomic E-state index is -1.34. The SMILES string of the molecule is O=C([O-])[C@@H]1CC(c2ccccc2F)=NO1. The van der Waals surface area contributed by atoms with Gasteiger partial charge in [-0.2, -0.15) is 0 Å². The van der Waals surface area contributed by atoms with Crippen molar-refractivity contribution < 1.29 is 19.1 Å². The van der Waals surface area contributed by atoms with Gasteiger partial charge in [0.2, 0.25) is 0 Å². The van der Waals surface area contributed by atoms with Gasteiger partial charge in [-0.1, -0.05) is 23.4 Å². The summed E-state index contributed by atoms with van der Waals surface area (Å²) in [7, 11) is 0. The van der Waals surface area contributed by atoms with Crippen LogP contribution in [0.15, 0.2) is 29.4 Å². The first-order valence-electron chi connectivity index (χ1n) is 4.37. The van der Waals surface area contributed by atoms with Crippen molar-refractivity contribution in [2.24, 2.45) is 5.16 Å². The normalized spacial score (nSPS) is 19.5. The summed E-state index contributed by atoms with van der Waals surface area (Å²) in [4.78, 5) is 15.1. The molecule has 1 atom stereocenters. The van der Waals surface area contributed by atoms with Crippen molar-refractivity contribution in [1.82, 2.24) is 0 Å². The van der Waals surface area contributed by atoms with E-state index in [1.165, 1.54) is 12.1 Å². The molecule has 2 rings (SSSR count). The van der Waals surface area contributed by atoms with Crippen LogP contribution in [0.25, 0.3) is 0 Å². The number of halogens is 1. The first-order chi connectivity index (χ1) is 7.18. The monoisotopic (exact) mass is 208 g/mol. The predicted octanol–water partition coefficient (Wildman–Crippen LogP) is 0.0686. The zero-order valence-corrected chi connectivity index (χ0v) is 7.64. The Morgan fingerprint density at radius 2 is 2.27 bits per heavy atom. The Kier molecular flexibility index (Phi) is 2.37. The van der Waals surface area contributed by atoms with E-state index >= 15 is 0 Å². The summed E-state index contributed by atoms with van der Waals surface area (Å²) in [6.45, 7) is 0. The first-order valence-corrected chi connectivity index (χ1v) is 4.37. The van der Waals surface area contributed by atoms with Crippen molar-refractivity contribution in [3.63, 3.8) is 0 Å². The number of oxime groups is 1. The number of hydrogen-bond acceptors (Lipinski definition) is 4. The summed E-state index contributed by atoms with van der Waals surface area (Å²) in [5.41, 5.74) is 0.559. The molecule has 4 nitrogen and oxygen atoms in total. The molecule has 0 fully saturated rings. The standard InChI is InChI=1S/C10H8FNO3/c11-7-4-2-1-3-6(7)8-5-9(10(13)14)15-12-8/h1-4,9H,5H2,(H,13,14)/p-1/t9-/m0/s1. The maximum absolute atomic E-state index is 13.3. The van der Waals surface area contributed by atoms with Crippen LogP contribution >= 0.6 is 0 Å². The molecule has 5 heteroatoms. The third kappa shape index (κ3) is 1.81. The highest BCUT2D eigenvalue weighted by Crippen LogP contribution is 2.18. The lowest BCUT2D eigenvalue weighted by Gasteiger charge is -2.07. The lowest BCUT2D eigenvalue weighted by atomic mass is 10.0. The quantitative estimate of drug-likeness (QED) is 0.690. The highest BCUT2D eigenvalue weighted by Gasteiger charge is 2.24. The van der Waals surface area contributed by atoms with Crippen LogP contribution in [0.1, 0.15) is 12.0 Å². The molecule has 0 aliphatic carbocycles. The van der Waals surface area contributed by atoms with Crippen molar-refractivity contribution in [1.29, 1.82) is 0 Å². The number of carboxylic acid groups (broad SMARTS) is 1. The summed E-state index contributed by atoms with van der Waals surface area (Å²) < 4.78 is 13.3. The van der Waals surface area contributed by atoms with Gasteiger partial charge in [-0.25, -0.2) is 4.39 Å². The van der Waals surface area contributed by atoms with Crippen LogP contribution in [0.3, 0.4) is 0 Å². The van der Waals surface area contributed by atoms with Crippen LogP contribution < -0.4 is 5.11 Å². The van der Waals surface area contributed by atoms with E-state index in [9.17, 15) is 14.3 Å². The second-order valence-corrected chi connectivity index (χ2v) is 3.14. The van der Waals surface area contributed by atoms with Crippen LogP contribution in [-0.2, 0) is 9.63 Å². The Balaban J connectivity index is 2.21. The van der Waals surface area contributed by atoms with Gasteiger partial charge >= 0.3 is 0 Å². The van der Waals surface area contributed by atoms with E-state index in [4.69, 9.17) is 0 Å². The molecular formula is C10H7FNO3-. The Morgan fingerprint density at radius 1 is 1.53 bits per heavy atom. The van der Waals surface area contributed by atoms with Gasteiger partial charge in [0, 0.05) is 12.0 Å². The number of carboxylic acids is 1. The summed E-state index contributed by atoms with van der Waals surface area (Å²) in [5.74, 6) is -1.79. The number of benzene rings is 1. The zero-order chi connectivity index (χ0) is 10.8. The Labute approximate surface area is 85.0 Å². The molecule has 0 radical (unpaired) electrons. The van der Waals surface area contributed by atoms with Gasteiger partial charge in [-0.05, 0) is 6.07 Å². The Hall–Kier alpha value is -1.91. The third-order valence-corrected chi connectivity index (χ3v) is 2.12. The molecule has 1 aliphatic heterocycles. The fraction of sp³-hybridized carbons (Fsp3) is 0.200. The van der Waals surface area contributed by atoms with Gasteiger partial charge < -0.3 is 14.7 Å². The van der Waals surface area contributed by atoms with Gasteiger partial charge in [0.1, 0.15) is 5.82 Å². The molecule has 0 amide bonds. The van der Waals surface area contributed by atoms with Crippen LogP contribution in [0, 0.1) is 5.82 Å². The highest BCUT2D eigenvalue weighted by atomic mass is 19.1. The molecule has 1 aliphatic rings. The largest absolute Gasteiger partial charge is 0.546 e. The molecule has 0 bridgehead atoms. The molecule has 1 aromatic carbocycles. The number of rotatable bonds is 2. The van der Waals surface area contributed by atoms with E-state index in [0.717, 1.165) is 0 Å². The Morgan fingerprint density at radius 3 is 2.87 bits per heavy atom. The number of carbonyl (C=O) groups excluding carboxylic acids is 1.